The molecule has 1 unspecified atom stereocenters. The molecule has 1 amide bonds. The molecular formula is C18H28N2O3. The summed E-state index contributed by atoms with van der Waals surface area (Å²) in [5.74, 6) is 0.413. The number of aliphatic hydroxyl groups is 1. The van der Waals surface area contributed by atoms with Gasteiger partial charge in [-0.05, 0) is 43.4 Å². The lowest BCUT2D eigenvalue weighted by atomic mass is 9.97. The van der Waals surface area contributed by atoms with E-state index in [4.69, 9.17) is 4.74 Å². The van der Waals surface area contributed by atoms with Gasteiger partial charge in [0.15, 0.2) is 0 Å². The highest BCUT2D eigenvalue weighted by atomic mass is 16.5. The molecule has 0 aromatic heterocycles. The van der Waals surface area contributed by atoms with Crippen LogP contribution in [0.25, 0.3) is 0 Å². The third kappa shape index (κ3) is 4.94. The molecule has 5 nitrogen and oxygen atoms in total. The first-order valence-electron chi connectivity index (χ1n) is 8.43. The third-order valence-electron chi connectivity index (χ3n) is 4.50. The van der Waals surface area contributed by atoms with Gasteiger partial charge in [-0.3, -0.25) is 4.79 Å². The fraction of sp³-hybridized carbons (Fsp3) is 0.611. The highest BCUT2D eigenvalue weighted by Crippen LogP contribution is 2.20. The van der Waals surface area contributed by atoms with Crippen LogP contribution in [-0.4, -0.2) is 55.4 Å². The molecule has 1 aliphatic rings. The number of amides is 1. The van der Waals surface area contributed by atoms with E-state index in [2.05, 4.69) is 12.2 Å². The van der Waals surface area contributed by atoms with Crippen LogP contribution in [-0.2, 0) is 4.74 Å². The van der Waals surface area contributed by atoms with Gasteiger partial charge >= 0.3 is 0 Å². The molecule has 0 aliphatic carbocycles. The number of methoxy groups -OCH3 is 1. The van der Waals surface area contributed by atoms with E-state index in [1.165, 1.54) is 0 Å². The highest BCUT2D eigenvalue weighted by molar-refractivity contribution is 5.95. The summed E-state index contributed by atoms with van der Waals surface area (Å²) in [6.45, 7) is 4.42. The van der Waals surface area contributed by atoms with E-state index < -0.39 is 0 Å². The summed E-state index contributed by atoms with van der Waals surface area (Å²) in [6.07, 6.45) is 2.72. The summed E-state index contributed by atoms with van der Waals surface area (Å²) < 4.78 is 5.20. The predicted molar refractivity (Wildman–Crippen MR) is 91.7 cm³/mol. The second-order valence-electron chi connectivity index (χ2n) is 6.20. The standard InChI is InChI=1S/C18H28N2O3/c1-3-16(13-23-2)19-17-6-4-5-15(11-17)18(22)20-9-7-14(12-21)8-10-20/h4-6,11,14,16,19,21H,3,7-10,12-13H2,1-2H3. The Labute approximate surface area is 138 Å². The maximum Gasteiger partial charge on any atom is 0.253 e. The van der Waals surface area contributed by atoms with Gasteiger partial charge in [0, 0.05) is 44.1 Å². The number of aliphatic hydroxyl groups excluding tert-OH is 1. The number of benzene rings is 1. The van der Waals surface area contributed by atoms with Crippen molar-refractivity contribution in [3.05, 3.63) is 29.8 Å². The molecule has 1 heterocycles. The molecule has 1 saturated heterocycles. The van der Waals surface area contributed by atoms with Crippen molar-refractivity contribution in [3.63, 3.8) is 0 Å². The number of carbonyl (C=O) groups is 1. The molecule has 23 heavy (non-hydrogen) atoms. The van der Waals surface area contributed by atoms with Gasteiger partial charge in [0.05, 0.1) is 6.61 Å². The number of piperidine rings is 1. The number of anilines is 1. The summed E-state index contributed by atoms with van der Waals surface area (Å²) in [6, 6.07) is 7.91. The van der Waals surface area contributed by atoms with Crippen LogP contribution in [0, 0.1) is 5.92 Å². The first kappa shape index (κ1) is 17.8. The summed E-state index contributed by atoms with van der Waals surface area (Å²) >= 11 is 0. The van der Waals surface area contributed by atoms with Crippen LogP contribution in [0.2, 0.25) is 0 Å². The lowest BCUT2D eigenvalue weighted by Crippen LogP contribution is -2.39. The molecular weight excluding hydrogens is 292 g/mol. The fourth-order valence-corrected chi connectivity index (χ4v) is 2.94. The van der Waals surface area contributed by atoms with Gasteiger partial charge in [-0.25, -0.2) is 0 Å². The molecule has 1 aromatic rings. The van der Waals surface area contributed by atoms with E-state index in [9.17, 15) is 9.90 Å². The Hall–Kier alpha value is -1.59. The second kappa shape index (κ2) is 8.89. The molecule has 0 spiro atoms. The lowest BCUT2D eigenvalue weighted by Gasteiger charge is -2.31. The SMILES string of the molecule is CCC(COC)Nc1cccc(C(=O)N2CCC(CO)CC2)c1. The van der Waals surface area contributed by atoms with Gasteiger partial charge in [-0.2, -0.15) is 0 Å². The number of nitrogens with zero attached hydrogens (tertiary/aromatic N) is 1. The molecule has 1 aromatic carbocycles. The Kier molecular flexibility index (Phi) is 6.86. The largest absolute Gasteiger partial charge is 0.396 e. The molecule has 2 rings (SSSR count). The summed E-state index contributed by atoms with van der Waals surface area (Å²) in [7, 11) is 1.69. The number of carbonyl (C=O) groups excluding carboxylic acids is 1. The number of ether oxygens (including phenoxy) is 1. The van der Waals surface area contributed by atoms with Crippen molar-refractivity contribution in [3.8, 4) is 0 Å². The van der Waals surface area contributed by atoms with Crippen LogP contribution in [0.1, 0.15) is 36.5 Å². The van der Waals surface area contributed by atoms with E-state index in [0.717, 1.165) is 38.0 Å². The van der Waals surface area contributed by atoms with Crippen molar-refractivity contribution in [2.24, 2.45) is 5.92 Å². The van der Waals surface area contributed by atoms with Crippen LogP contribution in [0.5, 0.6) is 0 Å². The van der Waals surface area contributed by atoms with Crippen LogP contribution in [0.4, 0.5) is 5.69 Å². The van der Waals surface area contributed by atoms with Crippen LogP contribution < -0.4 is 5.32 Å². The predicted octanol–water partition coefficient (Wildman–Crippen LogP) is 2.37. The maximum atomic E-state index is 12.6. The van der Waals surface area contributed by atoms with Crippen LogP contribution in [0.15, 0.2) is 24.3 Å². The molecule has 1 atom stereocenters. The zero-order chi connectivity index (χ0) is 16.7. The van der Waals surface area contributed by atoms with Crippen molar-refractivity contribution < 1.29 is 14.6 Å². The molecule has 0 radical (unpaired) electrons. The van der Waals surface area contributed by atoms with Crippen molar-refractivity contribution in [1.29, 1.82) is 0 Å². The molecule has 0 saturated carbocycles. The van der Waals surface area contributed by atoms with Gasteiger partial charge in [0.2, 0.25) is 0 Å². The quantitative estimate of drug-likeness (QED) is 0.810. The normalized spacial score (nSPS) is 17.1. The van der Waals surface area contributed by atoms with E-state index in [1.54, 1.807) is 7.11 Å². The Morgan fingerprint density at radius 2 is 2.17 bits per heavy atom. The molecule has 2 N–H and O–H groups in total. The van der Waals surface area contributed by atoms with E-state index >= 15 is 0 Å². The zero-order valence-electron chi connectivity index (χ0n) is 14.1. The average molecular weight is 320 g/mol. The first-order chi connectivity index (χ1) is 11.2. The Morgan fingerprint density at radius 3 is 2.78 bits per heavy atom. The number of hydrogen-bond donors (Lipinski definition) is 2. The van der Waals surface area contributed by atoms with Crippen molar-refractivity contribution >= 4 is 11.6 Å². The smallest absolute Gasteiger partial charge is 0.253 e. The van der Waals surface area contributed by atoms with Crippen LogP contribution >= 0.6 is 0 Å². The first-order valence-corrected chi connectivity index (χ1v) is 8.43. The van der Waals surface area contributed by atoms with Gasteiger partial charge in [0.1, 0.15) is 0 Å². The molecule has 128 valence electrons. The minimum Gasteiger partial charge on any atom is -0.396 e. The van der Waals surface area contributed by atoms with E-state index in [0.29, 0.717) is 18.1 Å². The van der Waals surface area contributed by atoms with Gasteiger partial charge in [-0.15, -0.1) is 0 Å². The monoisotopic (exact) mass is 320 g/mol. The topological polar surface area (TPSA) is 61.8 Å². The van der Waals surface area contributed by atoms with E-state index in [-0.39, 0.29) is 18.6 Å². The zero-order valence-corrected chi connectivity index (χ0v) is 14.1. The van der Waals surface area contributed by atoms with Gasteiger partial charge in [-0.1, -0.05) is 13.0 Å². The maximum absolute atomic E-state index is 12.6. The summed E-state index contributed by atoms with van der Waals surface area (Å²) in [5.41, 5.74) is 1.66. The van der Waals surface area contributed by atoms with Gasteiger partial charge < -0.3 is 20.1 Å². The Balaban J connectivity index is 2.00. The van der Waals surface area contributed by atoms with E-state index in [1.807, 2.05) is 29.2 Å². The van der Waals surface area contributed by atoms with Crippen molar-refractivity contribution in [2.75, 3.05) is 38.7 Å². The minimum atomic E-state index is 0.0739. The van der Waals surface area contributed by atoms with Crippen molar-refractivity contribution in [1.82, 2.24) is 4.90 Å². The minimum absolute atomic E-state index is 0.0739. The Morgan fingerprint density at radius 1 is 1.43 bits per heavy atom. The van der Waals surface area contributed by atoms with Crippen molar-refractivity contribution in [2.45, 2.75) is 32.2 Å². The molecule has 1 aliphatic heterocycles. The van der Waals surface area contributed by atoms with Crippen LogP contribution in [0.3, 0.4) is 0 Å². The molecule has 1 fully saturated rings. The summed E-state index contributed by atoms with van der Waals surface area (Å²) in [5, 5.41) is 12.6. The second-order valence-corrected chi connectivity index (χ2v) is 6.20. The molecule has 5 heteroatoms. The lowest BCUT2D eigenvalue weighted by molar-refractivity contribution is 0.0651. The third-order valence-corrected chi connectivity index (χ3v) is 4.50. The van der Waals surface area contributed by atoms with Gasteiger partial charge in [0.25, 0.3) is 5.91 Å². The molecule has 0 bridgehead atoms. The number of hydrogen-bond acceptors (Lipinski definition) is 4. The highest BCUT2D eigenvalue weighted by Gasteiger charge is 2.23. The summed E-state index contributed by atoms with van der Waals surface area (Å²) in [4.78, 5) is 14.5. The Bertz CT molecular complexity index is 499. The fourth-order valence-electron chi connectivity index (χ4n) is 2.94. The average Bonchev–Trinajstić information content (AvgIpc) is 2.61. The number of rotatable bonds is 7. The number of nitrogens with one attached hydrogen (secondary N) is 1. The number of likely N-dealkylation sites (tertiary alicyclic amines) is 1.